The molecule has 1 amide bonds. The van der Waals surface area contributed by atoms with Gasteiger partial charge in [-0.15, -0.1) is 0 Å². The Morgan fingerprint density at radius 2 is 1.83 bits per heavy atom. The summed E-state index contributed by atoms with van der Waals surface area (Å²) in [6.45, 7) is 2.91. The van der Waals surface area contributed by atoms with Gasteiger partial charge in [-0.2, -0.15) is 9.97 Å². The lowest BCUT2D eigenvalue weighted by atomic mass is 9.88. The van der Waals surface area contributed by atoms with Crippen LogP contribution in [0.15, 0.2) is 30.5 Å². The van der Waals surface area contributed by atoms with E-state index in [1.807, 2.05) is 6.92 Å². The molecule has 0 spiro atoms. The molecule has 14 nitrogen and oxygen atoms in total. The highest BCUT2D eigenvalue weighted by Crippen LogP contribution is 2.44. The molecular weight excluding hydrogens is 689 g/mol. The van der Waals surface area contributed by atoms with Crippen molar-refractivity contribution in [3.05, 3.63) is 47.7 Å². The highest BCUT2D eigenvalue weighted by molar-refractivity contribution is 6.02. The van der Waals surface area contributed by atoms with E-state index in [-0.39, 0.29) is 52.7 Å². The largest absolute Gasteiger partial charge is 0.508 e. The van der Waals surface area contributed by atoms with Crippen LogP contribution in [-0.4, -0.2) is 108 Å². The number of aromatic hydroxyl groups is 1. The number of anilines is 1. The summed E-state index contributed by atoms with van der Waals surface area (Å²) in [5, 5.41) is 53.6. The van der Waals surface area contributed by atoms with E-state index in [1.165, 1.54) is 6.20 Å². The SMILES string of the molecule is CC1CC(F)CN(c2nc(OCC34CCCN3CCC4)nc3c(F)c(-c4cc(O)cc5ccc(F)c(C(O)(O)C(O)(O)COC(N)=O)c45)ncc23)C1. The van der Waals surface area contributed by atoms with Crippen LogP contribution >= 0.6 is 0 Å². The Kier molecular flexibility index (Phi) is 9.06. The molecular formula is C35H39F3N6O8. The number of hydrogen-bond acceptors (Lipinski definition) is 13. The molecule has 3 fully saturated rings. The van der Waals surface area contributed by atoms with Crippen molar-refractivity contribution < 1.29 is 53.0 Å². The molecule has 0 aliphatic carbocycles. The van der Waals surface area contributed by atoms with Gasteiger partial charge in [-0.05, 0) is 74.7 Å². The van der Waals surface area contributed by atoms with Crippen molar-refractivity contribution in [2.24, 2.45) is 11.7 Å². The van der Waals surface area contributed by atoms with Gasteiger partial charge in [0.15, 0.2) is 12.4 Å². The Morgan fingerprint density at radius 1 is 1.10 bits per heavy atom. The van der Waals surface area contributed by atoms with Gasteiger partial charge >= 0.3 is 12.1 Å². The second-order valence-corrected chi connectivity index (χ2v) is 14.2. The van der Waals surface area contributed by atoms with E-state index in [0.29, 0.717) is 13.0 Å². The fraction of sp³-hybridized carbons (Fsp3) is 0.486. The molecule has 3 saturated heterocycles. The Labute approximate surface area is 295 Å². The molecule has 7 N–H and O–H groups in total. The number of primary amides is 1. The lowest BCUT2D eigenvalue weighted by molar-refractivity contribution is -0.374. The van der Waals surface area contributed by atoms with Gasteiger partial charge in [-0.25, -0.2) is 18.0 Å². The van der Waals surface area contributed by atoms with Crippen LogP contribution in [0, 0.1) is 17.6 Å². The number of nitrogens with zero attached hydrogens (tertiary/aromatic N) is 5. The molecule has 2 aromatic heterocycles. The molecule has 0 bridgehead atoms. The normalized spacial score (nSPS) is 20.8. The number of ether oxygens (including phenoxy) is 2. The summed E-state index contributed by atoms with van der Waals surface area (Å²) in [6.07, 6.45) is 2.76. The van der Waals surface area contributed by atoms with Gasteiger partial charge < -0.3 is 45.6 Å². The van der Waals surface area contributed by atoms with Gasteiger partial charge in [0, 0.05) is 23.7 Å². The van der Waals surface area contributed by atoms with Gasteiger partial charge in [0.2, 0.25) is 0 Å². The summed E-state index contributed by atoms with van der Waals surface area (Å²) in [5.74, 6) is -10.5. The third kappa shape index (κ3) is 6.19. The van der Waals surface area contributed by atoms with Crippen molar-refractivity contribution >= 4 is 33.6 Å². The molecule has 278 valence electrons. The van der Waals surface area contributed by atoms with Crippen molar-refractivity contribution in [2.75, 3.05) is 44.3 Å². The van der Waals surface area contributed by atoms with E-state index in [9.17, 15) is 34.7 Å². The molecule has 2 atom stereocenters. The van der Waals surface area contributed by atoms with Crippen molar-refractivity contribution in [2.45, 2.75) is 62.3 Å². The fourth-order valence-corrected chi connectivity index (χ4v) is 8.05. The number of carbonyl (C=O) groups is 1. The second-order valence-electron chi connectivity index (χ2n) is 14.2. The summed E-state index contributed by atoms with van der Waals surface area (Å²) < 4.78 is 58.1. The lowest BCUT2D eigenvalue weighted by Crippen LogP contribution is -2.56. The number of carbonyl (C=O) groups excluding carboxylic acids is 1. The Hall–Kier alpha value is -4.55. The Balaban J connectivity index is 1.41. The minimum atomic E-state index is -3.91. The zero-order chi connectivity index (χ0) is 37.2. The van der Waals surface area contributed by atoms with E-state index >= 15 is 8.78 Å². The molecule has 4 aromatic rings. The number of halogens is 3. The number of hydrogen-bond donors (Lipinski definition) is 6. The summed E-state index contributed by atoms with van der Waals surface area (Å²) in [6, 6.07) is 3.81. The number of alkyl halides is 1. The van der Waals surface area contributed by atoms with Crippen LogP contribution in [0.25, 0.3) is 32.9 Å². The minimum Gasteiger partial charge on any atom is -0.508 e. The number of amides is 1. The summed E-state index contributed by atoms with van der Waals surface area (Å²) in [4.78, 5) is 28.6. The maximum Gasteiger partial charge on any atom is 0.404 e. The number of aromatic nitrogens is 3. The van der Waals surface area contributed by atoms with Crippen LogP contribution in [-0.2, 0) is 10.5 Å². The number of pyridine rings is 1. The average Bonchev–Trinajstić information content (AvgIpc) is 3.66. The van der Waals surface area contributed by atoms with Crippen LogP contribution in [0.4, 0.5) is 23.8 Å². The first-order valence-corrected chi connectivity index (χ1v) is 17.0. The van der Waals surface area contributed by atoms with Gasteiger partial charge in [0.25, 0.3) is 11.6 Å². The van der Waals surface area contributed by atoms with E-state index in [1.54, 1.807) is 4.90 Å². The van der Waals surface area contributed by atoms with E-state index in [4.69, 9.17) is 10.5 Å². The summed E-state index contributed by atoms with van der Waals surface area (Å²) in [5.41, 5.74) is 2.28. The smallest absolute Gasteiger partial charge is 0.404 e. The van der Waals surface area contributed by atoms with Crippen LogP contribution < -0.4 is 15.4 Å². The van der Waals surface area contributed by atoms with Crippen molar-refractivity contribution in [1.82, 2.24) is 19.9 Å². The Bertz CT molecular complexity index is 2030. The number of nitrogens with two attached hydrogens (primary N) is 1. The number of phenolic OH excluding ortho intramolecular Hbond substituents is 1. The average molecular weight is 729 g/mol. The quantitative estimate of drug-likeness (QED) is 0.137. The predicted molar refractivity (Wildman–Crippen MR) is 180 cm³/mol. The first-order chi connectivity index (χ1) is 24.6. The monoisotopic (exact) mass is 728 g/mol. The minimum absolute atomic E-state index is 0.0184. The molecule has 3 aliphatic heterocycles. The number of fused-ring (bicyclic) bond motifs is 3. The van der Waals surface area contributed by atoms with Crippen LogP contribution in [0.3, 0.4) is 0 Å². The first kappa shape index (κ1) is 35.8. The van der Waals surface area contributed by atoms with Gasteiger partial charge in [-0.1, -0.05) is 13.0 Å². The predicted octanol–water partition coefficient (Wildman–Crippen LogP) is 2.93. The number of benzene rings is 2. The summed E-state index contributed by atoms with van der Waals surface area (Å²) >= 11 is 0. The maximum absolute atomic E-state index is 17.0. The van der Waals surface area contributed by atoms with Crippen LogP contribution in [0.2, 0.25) is 0 Å². The molecule has 2 unspecified atom stereocenters. The zero-order valence-electron chi connectivity index (χ0n) is 28.2. The van der Waals surface area contributed by atoms with Gasteiger partial charge in [-0.3, -0.25) is 9.88 Å². The van der Waals surface area contributed by atoms with Gasteiger partial charge in [0.1, 0.15) is 41.4 Å². The number of rotatable bonds is 9. The number of phenols is 1. The molecule has 5 heterocycles. The van der Waals surface area contributed by atoms with E-state index < -0.39 is 70.0 Å². The van der Waals surface area contributed by atoms with Crippen molar-refractivity contribution in [3.8, 4) is 23.0 Å². The van der Waals surface area contributed by atoms with E-state index in [0.717, 1.165) is 63.0 Å². The molecule has 0 saturated carbocycles. The first-order valence-electron chi connectivity index (χ1n) is 17.0. The molecule has 3 aliphatic rings. The third-order valence-electron chi connectivity index (χ3n) is 10.5. The molecule has 0 radical (unpaired) electrons. The molecule has 7 rings (SSSR count). The number of aliphatic hydroxyl groups is 4. The highest BCUT2D eigenvalue weighted by atomic mass is 19.1. The second kappa shape index (κ2) is 13.1. The van der Waals surface area contributed by atoms with Crippen molar-refractivity contribution in [1.29, 1.82) is 0 Å². The highest BCUT2D eigenvalue weighted by Gasteiger charge is 2.53. The molecule has 17 heteroatoms. The van der Waals surface area contributed by atoms with Crippen LogP contribution in [0.1, 0.15) is 44.6 Å². The maximum atomic E-state index is 17.0. The standard InChI is InChI=1S/C35H39F3N6O8/c1-18-10-20(36)15-43(14-18)30-23-13-40-28(27(38)29(23)41-32(42-30)52-16-33-6-2-8-44(33)9-3-7-33)22-12-21(45)11-19-4-5-24(37)26(25(19)22)35(49,50)34(47,48)17-51-31(39)46/h4-5,11-13,18,20,45,47-50H,2-3,6-10,14-17H2,1H3,(H2,39,46). The van der Waals surface area contributed by atoms with Crippen molar-refractivity contribution in [3.63, 3.8) is 0 Å². The summed E-state index contributed by atoms with van der Waals surface area (Å²) in [7, 11) is 0. The molecule has 52 heavy (non-hydrogen) atoms. The Morgan fingerprint density at radius 3 is 2.52 bits per heavy atom. The lowest BCUT2D eigenvalue weighted by Gasteiger charge is -2.35. The number of piperidine rings is 1. The fourth-order valence-electron chi connectivity index (χ4n) is 8.05. The molecule has 2 aromatic carbocycles. The zero-order valence-corrected chi connectivity index (χ0v) is 28.2. The topological polar surface area (TPSA) is 208 Å². The third-order valence-corrected chi connectivity index (χ3v) is 10.5. The van der Waals surface area contributed by atoms with E-state index in [2.05, 4.69) is 24.6 Å². The van der Waals surface area contributed by atoms with Crippen LogP contribution in [0.5, 0.6) is 11.8 Å². The van der Waals surface area contributed by atoms with Gasteiger partial charge in [0.05, 0.1) is 23.0 Å².